The third-order valence-corrected chi connectivity index (χ3v) is 4.10. The van der Waals surface area contributed by atoms with Crippen LogP contribution >= 0.6 is 0 Å². The van der Waals surface area contributed by atoms with Crippen molar-refractivity contribution >= 4 is 11.6 Å². The molecule has 2 aromatic rings. The predicted octanol–water partition coefficient (Wildman–Crippen LogP) is 3.10. The minimum atomic E-state index is 0.162. The van der Waals surface area contributed by atoms with Crippen LogP contribution < -0.4 is 10.2 Å². The molecule has 1 saturated heterocycles. The topological polar surface area (TPSA) is 50.3 Å². The molecule has 5 nitrogen and oxygen atoms in total. The first-order chi connectivity index (χ1) is 11.1. The van der Waals surface area contributed by atoms with E-state index in [4.69, 9.17) is 4.74 Å². The number of aryl methyl sites for hydroxylation is 2. The summed E-state index contributed by atoms with van der Waals surface area (Å²) in [5, 5.41) is 3.38. The molecule has 1 N–H and O–H groups in total. The summed E-state index contributed by atoms with van der Waals surface area (Å²) >= 11 is 0. The van der Waals surface area contributed by atoms with Gasteiger partial charge in [0.15, 0.2) is 0 Å². The van der Waals surface area contributed by atoms with Crippen molar-refractivity contribution in [2.45, 2.75) is 26.8 Å². The second kappa shape index (κ2) is 6.96. The van der Waals surface area contributed by atoms with Crippen molar-refractivity contribution in [3.63, 3.8) is 0 Å². The highest BCUT2D eigenvalue weighted by Gasteiger charge is 2.12. The number of rotatable bonds is 4. The first-order valence-corrected chi connectivity index (χ1v) is 8.13. The molecule has 122 valence electrons. The molecular formula is C18H24N4O. The Morgan fingerprint density at radius 1 is 1.04 bits per heavy atom. The second-order valence-corrected chi connectivity index (χ2v) is 6.03. The quantitative estimate of drug-likeness (QED) is 0.940. The molecule has 0 spiro atoms. The van der Waals surface area contributed by atoms with Crippen molar-refractivity contribution in [2.24, 2.45) is 0 Å². The monoisotopic (exact) mass is 312 g/mol. The standard InChI is InChI=1S/C18H24N4O/c1-13-12-14(2)20-18(19-13)21-15(3)16-4-6-17(7-5-16)22-8-10-23-11-9-22/h4-7,12,15H,8-11H2,1-3H3,(H,19,20,21). The summed E-state index contributed by atoms with van der Waals surface area (Å²) in [6, 6.07) is 10.8. The number of benzene rings is 1. The van der Waals surface area contributed by atoms with Crippen LogP contribution in [-0.2, 0) is 4.74 Å². The smallest absolute Gasteiger partial charge is 0.223 e. The average Bonchev–Trinajstić information content (AvgIpc) is 2.55. The van der Waals surface area contributed by atoms with Crippen molar-refractivity contribution in [3.8, 4) is 0 Å². The Balaban J connectivity index is 1.68. The molecule has 0 bridgehead atoms. The van der Waals surface area contributed by atoms with Crippen molar-refractivity contribution in [1.82, 2.24) is 9.97 Å². The lowest BCUT2D eigenvalue weighted by Gasteiger charge is -2.29. The van der Waals surface area contributed by atoms with Gasteiger partial charge in [0.05, 0.1) is 19.3 Å². The Morgan fingerprint density at radius 3 is 2.26 bits per heavy atom. The fourth-order valence-electron chi connectivity index (χ4n) is 2.86. The number of hydrogen-bond donors (Lipinski definition) is 1. The van der Waals surface area contributed by atoms with Gasteiger partial charge >= 0.3 is 0 Å². The van der Waals surface area contributed by atoms with Crippen LogP contribution in [0.15, 0.2) is 30.3 Å². The number of aromatic nitrogens is 2. The normalized spacial score (nSPS) is 16.2. The van der Waals surface area contributed by atoms with Crippen LogP contribution in [0, 0.1) is 13.8 Å². The maximum Gasteiger partial charge on any atom is 0.223 e. The van der Waals surface area contributed by atoms with Crippen LogP contribution in [0.1, 0.15) is 29.9 Å². The molecule has 0 radical (unpaired) electrons. The van der Waals surface area contributed by atoms with Crippen LogP contribution in [-0.4, -0.2) is 36.3 Å². The third-order valence-electron chi connectivity index (χ3n) is 4.10. The summed E-state index contributed by atoms with van der Waals surface area (Å²) in [6.45, 7) is 9.65. The molecule has 1 fully saturated rings. The van der Waals surface area contributed by atoms with E-state index in [-0.39, 0.29) is 6.04 Å². The summed E-state index contributed by atoms with van der Waals surface area (Å²) in [4.78, 5) is 11.3. The zero-order valence-electron chi connectivity index (χ0n) is 14.0. The lowest BCUT2D eigenvalue weighted by Crippen LogP contribution is -2.36. The molecule has 0 amide bonds. The number of hydrogen-bond acceptors (Lipinski definition) is 5. The zero-order chi connectivity index (χ0) is 16.2. The summed E-state index contributed by atoms with van der Waals surface area (Å²) in [7, 11) is 0. The SMILES string of the molecule is Cc1cc(C)nc(NC(C)c2ccc(N3CCOCC3)cc2)n1. The highest BCUT2D eigenvalue weighted by Crippen LogP contribution is 2.22. The molecular weight excluding hydrogens is 288 g/mol. The van der Waals surface area contributed by atoms with E-state index < -0.39 is 0 Å². The number of nitrogens with zero attached hydrogens (tertiary/aromatic N) is 3. The maximum atomic E-state index is 5.40. The molecule has 5 heteroatoms. The predicted molar refractivity (Wildman–Crippen MR) is 93.0 cm³/mol. The Hall–Kier alpha value is -2.14. The van der Waals surface area contributed by atoms with E-state index in [0.29, 0.717) is 5.95 Å². The highest BCUT2D eigenvalue weighted by atomic mass is 16.5. The van der Waals surface area contributed by atoms with Crippen LogP contribution in [0.25, 0.3) is 0 Å². The summed E-state index contributed by atoms with van der Waals surface area (Å²) in [5.41, 5.74) is 4.45. The maximum absolute atomic E-state index is 5.40. The fourth-order valence-corrected chi connectivity index (χ4v) is 2.86. The van der Waals surface area contributed by atoms with Gasteiger partial charge < -0.3 is 15.0 Å². The van der Waals surface area contributed by atoms with Crippen molar-refractivity contribution < 1.29 is 4.74 Å². The third kappa shape index (κ3) is 3.99. The molecule has 1 unspecified atom stereocenters. The van der Waals surface area contributed by atoms with Gasteiger partial charge in [-0.15, -0.1) is 0 Å². The first kappa shape index (κ1) is 15.7. The van der Waals surface area contributed by atoms with E-state index in [9.17, 15) is 0 Å². The van der Waals surface area contributed by atoms with E-state index in [2.05, 4.69) is 51.4 Å². The largest absolute Gasteiger partial charge is 0.378 e. The van der Waals surface area contributed by atoms with E-state index >= 15 is 0 Å². The molecule has 0 saturated carbocycles. The minimum Gasteiger partial charge on any atom is -0.378 e. The molecule has 1 aliphatic rings. The molecule has 3 rings (SSSR count). The number of anilines is 2. The Morgan fingerprint density at radius 2 is 1.65 bits per heavy atom. The van der Waals surface area contributed by atoms with Crippen molar-refractivity contribution in [1.29, 1.82) is 0 Å². The fraction of sp³-hybridized carbons (Fsp3) is 0.444. The van der Waals surface area contributed by atoms with Gasteiger partial charge in [-0.1, -0.05) is 12.1 Å². The molecule has 1 aromatic carbocycles. The Bertz CT molecular complexity index is 630. The number of morpholine rings is 1. The average molecular weight is 312 g/mol. The molecule has 1 aromatic heterocycles. The van der Waals surface area contributed by atoms with Crippen LogP contribution in [0.3, 0.4) is 0 Å². The van der Waals surface area contributed by atoms with Gasteiger partial charge in [-0.25, -0.2) is 9.97 Å². The van der Waals surface area contributed by atoms with E-state index in [1.165, 1.54) is 11.3 Å². The van der Waals surface area contributed by atoms with E-state index in [0.717, 1.165) is 37.7 Å². The van der Waals surface area contributed by atoms with Gasteiger partial charge in [0.1, 0.15) is 0 Å². The lowest BCUT2D eigenvalue weighted by atomic mass is 10.1. The first-order valence-electron chi connectivity index (χ1n) is 8.13. The van der Waals surface area contributed by atoms with Gasteiger partial charge in [-0.2, -0.15) is 0 Å². The van der Waals surface area contributed by atoms with Crippen LogP contribution in [0.4, 0.5) is 11.6 Å². The number of ether oxygens (including phenoxy) is 1. The zero-order valence-corrected chi connectivity index (χ0v) is 14.0. The van der Waals surface area contributed by atoms with Gasteiger partial charge in [-0.3, -0.25) is 0 Å². The number of nitrogens with one attached hydrogen (secondary N) is 1. The van der Waals surface area contributed by atoms with Crippen molar-refractivity contribution in [2.75, 3.05) is 36.5 Å². The molecule has 1 atom stereocenters. The van der Waals surface area contributed by atoms with Gasteiger partial charge in [-0.05, 0) is 44.5 Å². The van der Waals surface area contributed by atoms with Crippen LogP contribution in [0.5, 0.6) is 0 Å². The summed E-state index contributed by atoms with van der Waals surface area (Å²) < 4.78 is 5.40. The van der Waals surface area contributed by atoms with Gasteiger partial charge in [0.25, 0.3) is 0 Å². The molecule has 23 heavy (non-hydrogen) atoms. The Kier molecular flexibility index (Phi) is 4.76. The summed E-state index contributed by atoms with van der Waals surface area (Å²) in [6.07, 6.45) is 0. The minimum absolute atomic E-state index is 0.162. The van der Waals surface area contributed by atoms with Gasteiger partial charge in [0, 0.05) is 30.2 Å². The highest BCUT2D eigenvalue weighted by molar-refractivity contribution is 5.49. The van der Waals surface area contributed by atoms with E-state index in [1.54, 1.807) is 0 Å². The van der Waals surface area contributed by atoms with Gasteiger partial charge in [0.2, 0.25) is 5.95 Å². The van der Waals surface area contributed by atoms with Crippen molar-refractivity contribution in [3.05, 3.63) is 47.3 Å². The second-order valence-electron chi connectivity index (χ2n) is 6.03. The van der Waals surface area contributed by atoms with E-state index in [1.807, 2.05) is 19.9 Å². The van der Waals surface area contributed by atoms with Crippen LogP contribution in [0.2, 0.25) is 0 Å². The molecule has 2 heterocycles. The Labute approximate surface area is 137 Å². The summed E-state index contributed by atoms with van der Waals surface area (Å²) in [5.74, 6) is 0.687. The molecule has 0 aliphatic carbocycles. The lowest BCUT2D eigenvalue weighted by molar-refractivity contribution is 0.122. The molecule has 1 aliphatic heterocycles.